The summed E-state index contributed by atoms with van der Waals surface area (Å²) in [7, 11) is 0. The second-order valence-electron chi connectivity index (χ2n) is 13.0. The molecule has 0 spiro atoms. The van der Waals surface area contributed by atoms with E-state index in [0.717, 1.165) is 57.5 Å². The highest BCUT2D eigenvalue weighted by atomic mass is 16.2. The number of rotatable bonds is 11. The summed E-state index contributed by atoms with van der Waals surface area (Å²) in [5.74, 6) is 0.816. The van der Waals surface area contributed by atoms with Gasteiger partial charge < -0.3 is 4.57 Å². The molecule has 7 aromatic rings. The van der Waals surface area contributed by atoms with E-state index in [4.69, 9.17) is 10.3 Å². The molecule has 0 fully saturated rings. The van der Waals surface area contributed by atoms with E-state index in [1.54, 1.807) is 0 Å². The number of carbonyl (C=O) groups excluding carboxylic acids is 1. The highest BCUT2D eigenvalue weighted by molar-refractivity contribution is 5.92. The van der Waals surface area contributed by atoms with Gasteiger partial charge in [0.05, 0.1) is 0 Å². The summed E-state index contributed by atoms with van der Waals surface area (Å²) < 4.78 is 3.82. The Morgan fingerprint density at radius 1 is 0.712 bits per heavy atom. The summed E-state index contributed by atoms with van der Waals surface area (Å²) in [6.45, 7) is 2.30. The summed E-state index contributed by atoms with van der Waals surface area (Å²) in [6, 6.07) is 47.5. The van der Waals surface area contributed by atoms with Crippen molar-refractivity contribution in [3.63, 3.8) is 0 Å². The van der Waals surface area contributed by atoms with Gasteiger partial charge in [0.15, 0.2) is 5.82 Å². The van der Waals surface area contributed by atoms with Gasteiger partial charge in [-0.3, -0.25) is 14.9 Å². The lowest BCUT2D eigenvalue weighted by Crippen LogP contribution is -2.39. The van der Waals surface area contributed by atoms with E-state index in [1.807, 2.05) is 76.0 Å². The highest BCUT2D eigenvalue weighted by Gasteiger charge is 2.42. The minimum atomic E-state index is -0.882. The van der Waals surface area contributed by atoms with Crippen LogP contribution in [0.1, 0.15) is 53.3 Å². The Morgan fingerprint density at radius 2 is 1.29 bits per heavy atom. The smallest absolute Gasteiger partial charge is 0.278 e. The van der Waals surface area contributed by atoms with E-state index in [1.165, 1.54) is 0 Å². The van der Waals surface area contributed by atoms with Crippen LogP contribution < -0.4 is 10.9 Å². The van der Waals surface area contributed by atoms with Gasteiger partial charge in [-0.2, -0.15) is 4.98 Å². The molecule has 0 saturated heterocycles. The highest BCUT2D eigenvalue weighted by Crippen LogP contribution is 2.43. The van der Waals surface area contributed by atoms with Gasteiger partial charge in [-0.15, -0.1) is 5.10 Å². The van der Waals surface area contributed by atoms with Gasteiger partial charge in [-0.25, -0.2) is 4.68 Å². The number of hydrogen-bond acceptors (Lipinski definition) is 6. The molecule has 256 valence electrons. The number of aromatic nitrogens is 6. The van der Waals surface area contributed by atoms with Crippen LogP contribution in [0.5, 0.6) is 0 Å². The van der Waals surface area contributed by atoms with Crippen LogP contribution in [0.15, 0.2) is 144 Å². The summed E-state index contributed by atoms with van der Waals surface area (Å²) in [6.07, 6.45) is 3.03. The summed E-state index contributed by atoms with van der Waals surface area (Å²) in [5, 5.41) is 16.5. The van der Waals surface area contributed by atoms with E-state index in [-0.39, 0.29) is 18.0 Å². The quantitative estimate of drug-likeness (QED) is 0.144. The van der Waals surface area contributed by atoms with Crippen LogP contribution in [0, 0.1) is 0 Å². The Balaban J connectivity index is 1.22. The fourth-order valence-electron chi connectivity index (χ4n) is 7.44. The molecule has 1 aliphatic rings. The fourth-order valence-corrected chi connectivity index (χ4v) is 7.44. The number of nitrogens with zero attached hydrogens (tertiary/aromatic N) is 6. The van der Waals surface area contributed by atoms with Crippen LogP contribution in [0.2, 0.25) is 0 Å². The molecule has 52 heavy (non-hydrogen) atoms. The average molecular weight is 684 g/mol. The van der Waals surface area contributed by atoms with Crippen molar-refractivity contribution in [2.45, 2.75) is 44.7 Å². The van der Waals surface area contributed by atoms with Crippen LogP contribution in [0.4, 0.5) is 5.95 Å². The molecular weight excluding hydrogens is 647 g/mol. The lowest BCUT2D eigenvalue weighted by atomic mass is 9.77. The van der Waals surface area contributed by atoms with Crippen molar-refractivity contribution in [1.29, 1.82) is 0 Å². The van der Waals surface area contributed by atoms with Crippen molar-refractivity contribution >= 4 is 11.9 Å². The molecule has 0 atom stereocenters. The molecule has 0 aliphatic carbocycles. The van der Waals surface area contributed by atoms with Gasteiger partial charge in [-0.05, 0) is 56.6 Å². The maximum atomic E-state index is 13.3. The maximum absolute atomic E-state index is 13.3. The first kappa shape index (κ1) is 32.7. The first-order valence-corrected chi connectivity index (χ1v) is 17.6. The Labute approximate surface area is 301 Å². The first-order valence-electron chi connectivity index (χ1n) is 17.6. The van der Waals surface area contributed by atoms with Crippen molar-refractivity contribution in [3.8, 4) is 22.5 Å². The third-order valence-electron chi connectivity index (χ3n) is 9.89. The third kappa shape index (κ3) is 5.80. The van der Waals surface area contributed by atoms with Crippen LogP contribution in [-0.4, -0.2) is 35.7 Å². The number of anilines is 1. The zero-order chi connectivity index (χ0) is 35.5. The van der Waals surface area contributed by atoms with Gasteiger partial charge >= 0.3 is 0 Å². The zero-order valence-electron chi connectivity index (χ0n) is 28.8. The molecule has 1 aliphatic heterocycles. The van der Waals surface area contributed by atoms with Crippen molar-refractivity contribution in [2.75, 3.05) is 5.32 Å². The average Bonchev–Trinajstić information content (AvgIpc) is 3.83. The van der Waals surface area contributed by atoms with Crippen LogP contribution >= 0.6 is 0 Å². The predicted molar refractivity (Wildman–Crippen MR) is 202 cm³/mol. The van der Waals surface area contributed by atoms with Crippen LogP contribution in [0.3, 0.4) is 0 Å². The second-order valence-corrected chi connectivity index (χ2v) is 13.0. The van der Waals surface area contributed by atoms with E-state index in [0.29, 0.717) is 30.2 Å². The van der Waals surface area contributed by atoms with E-state index in [9.17, 15) is 9.59 Å². The largest absolute Gasteiger partial charge is 0.306 e. The number of unbranched alkanes of at least 4 members (excludes halogenated alkanes) is 1. The third-order valence-corrected chi connectivity index (χ3v) is 9.89. The fraction of sp³-hybridized carbons (Fsp3) is 0.163. The van der Waals surface area contributed by atoms with E-state index >= 15 is 0 Å². The molecule has 0 bridgehead atoms. The number of fused-ring (bicyclic) bond motifs is 1. The second kappa shape index (κ2) is 14.0. The molecule has 1 N–H and O–H groups in total. The number of benzene rings is 5. The molecule has 1 amide bonds. The van der Waals surface area contributed by atoms with E-state index < -0.39 is 5.54 Å². The maximum Gasteiger partial charge on any atom is 0.278 e. The Kier molecular flexibility index (Phi) is 8.83. The van der Waals surface area contributed by atoms with E-state index in [2.05, 4.69) is 95.2 Å². The lowest BCUT2D eigenvalue weighted by molar-refractivity contribution is -0.115. The van der Waals surface area contributed by atoms with Crippen molar-refractivity contribution < 1.29 is 4.79 Å². The number of tetrazole rings is 1. The SMILES string of the molecule is CCCCc1c(Cc2ccc(-c3ccccc3-c3nnnn3C(c3ccccc3)(c3ccccc3)c3ccccc3)cc2)c(=O)nc2n1CC(=O)N2. The monoisotopic (exact) mass is 683 g/mol. The predicted octanol–water partition coefficient (Wildman–Crippen LogP) is 7.29. The molecule has 2 aromatic heterocycles. The summed E-state index contributed by atoms with van der Waals surface area (Å²) >= 11 is 0. The standard InChI is InChI=1S/C43H37N7O2/c1-2-3-23-38-37(41(52)45-42-44-39(51)29-49(38)42)28-30-24-26-31(27-25-30)35-21-13-14-22-36(35)40-46-47-48-50(40)43(32-15-7-4-8-16-32,33-17-9-5-10-18-33)34-19-11-6-12-20-34/h4-22,24-27H,2-3,23,28-29H2,1H3,(H,44,45,51,52). The number of carbonyl (C=O) groups is 1. The normalized spacial score (nSPS) is 12.4. The number of hydrogen-bond donors (Lipinski definition) is 1. The Hall–Kier alpha value is -6.48. The van der Waals surface area contributed by atoms with Crippen molar-refractivity contribution in [2.24, 2.45) is 0 Å². The van der Waals surface area contributed by atoms with Gasteiger partial charge in [-0.1, -0.05) is 153 Å². The van der Waals surface area contributed by atoms with Gasteiger partial charge in [0.25, 0.3) is 5.56 Å². The molecule has 9 heteroatoms. The molecule has 0 saturated carbocycles. The van der Waals surface area contributed by atoms with Gasteiger partial charge in [0, 0.05) is 23.2 Å². The molecular formula is C43H37N7O2. The molecule has 8 rings (SSSR count). The van der Waals surface area contributed by atoms with Crippen molar-refractivity contribution in [1.82, 2.24) is 29.8 Å². The molecule has 5 aromatic carbocycles. The minimum absolute atomic E-state index is 0.149. The van der Waals surface area contributed by atoms with Crippen LogP contribution in [0.25, 0.3) is 22.5 Å². The zero-order valence-corrected chi connectivity index (χ0v) is 28.8. The molecule has 0 unspecified atom stereocenters. The Morgan fingerprint density at radius 3 is 1.88 bits per heavy atom. The minimum Gasteiger partial charge on any atom is -0.306 e. The molecule has 3 heterocycles. The Bertz CT molecular complexity index is 2310. The molecule has 0 radical (unpaired) electrons. The van der Waals surface area contributed by atoms with Crippen molar-refractivity contribution in [3.05, 3.63) is 183 Å². The first-order chi connectivity index (χ1) is 25.6. The van der Waals surface area contributed by atoms with Crippen LogP contribution in [-0.2, 0) is 29.7 Å². The number of nitrogens with one attached hydrogen (secondary N) is 1. The molecule has 9 nitrogen and oxygen atoms in total. The number of amides is 1. The topological polar surface area (TPSA) is 108 Å². The summed E-state index contributed by atoms with van der Waals surface area (Å²) in [5.41, 5.74) is 7.26. The summed E-state index contributed by atoms with van der Waals surface area (Å²) in [4.78, 5) is 29.7. The van der Waals surface area contributed by atoms with Gasteiger partial charge in [0.2, 0.25) is 11.9 Å². The lowest BCUT2D eigenvalue weighted by Gasteiger charge is -2.36. The van der Waals surface area contributed by atoms with Gasteiger partial charge in [0.1, 0.15) is 12.1 Å².